The summed E-state index contributed by atoms with van der Waals surface area (Å²) in [6, 6.07) is 10.9. The van der Waals surface area contributed by atoms with E-state index in [-0.39, 0.29) is 5.75 Å². The fourth-order valence-corrected chi connectivity index (χ4v) is 2.20. The van der Waals surface area contributed by atoms with Gasteiger partial charge in [0.15, 0.2) is 11.6 Å². The van der Waals surface area contributed by atoms with Crippen LogP contribution in [0, 0.1) is 5.82 Å². The van der Waals surface area contributed by atoms with Crippen LogP contribution in [0.3, 0.4) is 0 Å². The van der Waals surface area contributed by atoms with E-state index in [1.54, 1.807) is 6.07 Å². The van der Waals surface area contributed by atoms with Gasteiger partial charge in [0.05, 0.1) is 18.0 Å². The lowest BCUT2D eigenvalue weighted by molar-refractivity contribution is 0.322. The molecule has 112 valence electrons. The van der Waals surface area contributed by atoms with Crippen LogP contribution >= 0.6 is 0 Å². The highest BCUT2D eigenvalue weighted by Gasteiger charge is 2.11. The predicted octanol–water partition coefficient (Wildman–Crippen LogP) is 4.67. The van der Waals surface area contributed by atoms with Crippen molar-refractivity contribution in [2.45, 2.75) is 26.7 Å². The number of nitrogens with two attached hydrogens (primary N) is 1. The maximum absolute atomic E-state index is 13.7. The molecule has 3 nitrogen and oxygen atoms in total. The minimum Gasteiger partial charge on any atom is -0.491 e. The maximum atomic E-state index is 13.7. The molecule has 0 bridgehead atoms. The quantitative estimate of drug-likeness (QED) is 0.786. The first kappa shape index (κ1) is 15.2. The minimum absolute atomic E-state index is 0.205. The van der Waals surface area contributed by atoms with Gasteiger partial charge in [0, 0.05) is 17.8 Å². The molecule has 2 aromatic carbocycles. The molecule has 2 rings (SSSR count). The molecular formula is C17H21FN2O. The van der Waals surface area contributed by atoms with Crippen LogP contribution in [0.5, 0.6) is 5.75 Å². The Morgan fingerprint density at radius 3 is 2.57 bits per heavy atom. The highest BCUT2D eigenvalue weighted by molar-refractivity contribution is 5.75. The highest BCUT2D eigenvalue weighted by atomic mass is 19.1. The van der Waals surface area contributed by atoms with Gasteiger partial charge in [-0.2, -0.15) is 0 Å². The summed E-state index contributed by atoms with van der Waals surface area (Å²) in [5.74, 6) is 0.134. The van der Waals surface area contributed by atoms with Crippen molar-refractivity contribution in [1.82, 2.24) is 0 Å². The first-order valence-corrected chi connectivity index (χ1v) is 7.10. The molecular weight excluding hydrogens is 267 g/mol. The summed E-state index contributed by atoms with van der Waals surface area (Å²) in [5, 5.41) is 3.28. The minimum atomic E-state index is -0.447. The van der Waals surface area contributed by atoms with E-state index in [4.69, 9.17) is 10.5 Å². The van der Waals surface area contributed by atoms with E-state index in [2.05, 4.69) is 25.2 Å². The summed E-state index contributed by atoms with van der Waals surface area (Å²) in [6.07, 6.45) is 0. The molecule has 0 saturated heterocycles. The van der Waals surface area contributed by atoms with Crippen LogP contribution in [0.25, 0.3) is 0 Å². The zero-order valence-corrected chi connectivity index (χ0v) is 12.6. The van der Waals surface area contributed by atoms with E-state index in [0.717, 1.165) is 5.69 Å². The summed E-state index contributed by atoms with van der Waals surface area (Å²) >= 11 is 0. The SMILES string of the molecule is CCOc1cc(Nc2ccccc2C(C)C)c(N)cc1F. The number of nitrogens with one attached hydrogen (secondary N) is 1. The van der Waals surface area contributed by atoms with Crippen molar-refractivity contribution in [3.63, 3.8) is 0 Å². The molecule has 0 amide bonds. The lowest BCUT2D eigenvalue weighted by Gasteiger charge is -2.17. The van der Waals surface area contributed by atoms with Crippen LogP contribution in [0.1, 0.15) is 32.3 Å². The monoisotopic (exact) mass is 288 g/mol. The Bertz CT molecular complexity index is 626. The molecule has 0 aromatic heterocycles. The summed E-state index contributed by atoms with van der Waals surface area (Å²) in [5.41, 5.74) is 9.05. The van der Waals surface area contributed by atoms with Crippen molar-refractivity contribution in [2.24, 2.45) is 0 Å². The van der Waals surface area contributed by atoms with Crippen molar-refractivity contribution in [3.8, 4) is 5.75 Å². The summed E-state index contributed by atoms with van der Waals surface area (Å²) < 4.78 is 19.0. The van der Waals surface area contributed by atoms with Crippen LogP contribution in [-0.4, -0.2) is 6.61 Å². The second-order valence-electron chi connectivity index (χ2n) is 5.17. The Kier molecular flexibility index (Phi) is 4.68. The van der Waals surface area contributed by atoms with Gasteiger partial charge >= 0.3 is 0 Å². The maximum Gasteiger partial charge on any atom is 0.167 e. The van der Waals surface area contributed by atoms with Gasteiger partial charge in [0.2, 0.25) is 0 Å². The molecule has 0 heterocycles. The van der Waals surface area contributed by atoms with Crippen LogP contribution in [-0.2, 0) is 0 Å². The number of para-hydroxylation sites is 1. The first-order chi connectivity index (χ1) is 10.0. The topological polar surface area (TPSA) is 47.3 Å². The number of hydrogen-bond donors (Lipinski definition) is 2. The third kappa shape index (κ3) is 3.45. The number of ether oxygens (including phenoxy) is 1. The Morgan fingerprint density at radius 1 is 1.19 bits per heavy atom. The Morgan fingerprint density at radius 2 is 1.90 bits per heavy atom. The van der Waals surface area contributed by atoms with Crippen molar-refractivity contribution in [1.29, 1.82) is 0 Å². The number of halogens is 1. The molecule has 0 fully saturated rings. The molecule has 0 aliphatic rings. The number of anilines is 3. The molecule has 0 unspecified atom stereocenters. The van der Waals surface area contributed by atoms with E-state index < -0.39 is 5.82 Å². The molecule has 0 aliphatic heterocycles. The molecule has 4 heteroatoms. The Labute approximate surface area is 124 Å². The molecule has 0 radical (unpaired) electrons. The van der Waals surface area contributed by atoms with Crippen molar-refractivity contribution < 1.29 is 9.13 Å². The van der Waals surface area contributed by atoms with Gasteiger partial charge in [-0.3, -0.25) is 0 Å². The molecule has 0 saturated carbocycles. The van der Waals surface area contributed by atoms with E-state index >= 15 is 0 Å². The van der Waals surface area contributed by atoms with Gasteiger partial charge < -0.3 is 15.8 Å². The third-order valence-corrected chi connectivity index (χ3v) is 3.26. The largest absolute Gasteiger partial charge is 0.491 e. The smallest absolute Gasteiger partial charge is 0.167 e. The van der Waals surface area contributed by atoms with Crippen LogP contribution < -0.4 is 15.8 Å². The van der Waals surface area contributed by atoms with E-state index in [1.165, 1.54) is 11.6 Å². The van der Waals surface area contributed by atoms with Gasteiger partial charge in [-0.1, -0.05) is 32.0 Å². The average molecular weight is 288 g/mol. The molecule has 2 aromatic rings. The van der Waals surface area contributed by atoms with Crippen molar-refractivity contribution >= 4 is 17.1 Å². The number of nitrogen functional groups attached to an aromatic ring is 1. The van der Waals surface area contributed by atoms with Crippen LogP contribution in [0.4, 0.5) is 21.5 Å². The highest BCUT2D eigenvalue weighted by Crippen LogP contribution is 2.33. The molecule has 21 heavy (non-hydrogen) atoms. The second kappa shape index (κ2) is 6.48. The molecule has 0 aliphatic carbocycles. The summed E-state index contributed by atoms with van der Waals surface area (Å²) in [7, 11) is 0. The zero-order valence-electron chi connectivity index (χ0n) is 12.6. The fourth-order valence-electron chi connectivity index (χ4n) is 2.20. The van der Waals surface area contributed by atoms with E-state index in [9.17, 15) is 4.39 Å². The average Bonchev–Trinajstić information content (AvgIpc) is 2.44. The van der Waals surface area contributed by atoms with Crippen molar-refractivity contribution in [2.75, 3.05) is 17.7 Å². The lowest BCUT2D eigenvalue weighted by Crippen LogP contribution is -2.03. The third-order valence-electron chi connectivity index (χ3n) is 3.26. The summed E-state index contributed by atoms with van der Waals surface area (Å²) in [4.78, 5) is 0. The fraction of sp³-hybridized carbons (Fsp3) is 0.294. The van der Waals surface area contributed by atoms with Gasteiger partial charge in [-0.05, 0) is 24.5 Å². The normalized spacial score (nSPS) is 10.7. The lowest BCUT2D eigenvalue weighted by atomic mass is 10.0. The van der Waals surface area contributed by atoms with Gasteiger partial charge in [-0.25, -0.2) is 4.39 Å². The number of benzene rings is 2. The first-order valence-electron chi connectivity index (χ1n) is 7.10. The van der Waals surface area contributed by atoms with Gasteiger partial charge in [-0.15, -0.1) is 0 Å². The van der Waals surface area contributed by atoms with Crippen molar-refractivity contribution in [3.05, 3.63) is 47.8 Å². The molecule has 3 N–H and O–H groups in total. The Hall–Kier alpha value is -2.23. The zero-order chi connectivity index (χ0) is 15.4. The molecule has 0 atom stereocenters. The van der Waals surface area contributed by atoms with E-state index in [0.29, 0.717) is 23.9 Å². The van der Waals surface area contributed by atoms with Gasteiger partial charge in [0.25, 0.3) is 0 Å². The number of hydrogen-bond acceptors (Lipinski definition) is 3. The predicted molar refractivity (Wildman–Crippen MR) is 85.8 cm³/mol. The van der Waals surface area contributed by atoms with Crippen LogP contribution in [0.2, 0.25) is 0 Å². The molecule has 0 spiro atoms. The van der Waals surface area contributed by atoms with Gasteiger partial charge in [0.1, 0.15) is 0 Å². The Balaban J connectivity index is 2.38. The van der Waals surface area contributed by atoms with Crippen LogP contribution in [0.15, 0.2) is 36.4 Å². The summed E-state index contributed by atoms with van der Waals surface area (Å²) in [6.45, 7) is 6.47. The number of rotatable bonds is 5. The van der Waals surface area contributed by atoms with E-state index in [1.807, 2.05) is 25.1 Å². The second-order valence-corrected chi connectivity index (χ2v) is 5.17. The standard InChI is InChI=1S/C17H21FN2O/c1-4-21-17-10-16(14(19)9-13(17)18)20-15-8-6-5-7-12(15)11(2)3/h5-11,20H,4,19H2,1-3H3.